The van der Waals surface area contributed by atoms with E-state index in [2.05, 4.69) is 4.98 Å². The fourth-order valence-electron chi connectivity index (χ4n) is 2.46. The highest BCUT2D eigenvalue weighted by Crippen LogP contribution is 2.33. The molecule has 0 saturated heterocycles. The number of aromatic nitrogens is 1. The van der Waals surface area contributed by atoms with Gasteiger partial charge in [0.25, 0.3) is 5.56 Å². The van der Waals surface area contributed by atoms with Gasteiger partial charge in [-0.15, -0.1) is 0 Å². The van der Waals surface area contributed by atoms with Crippen molar-refractivity contribution in [1.29, 1.82) is 0 Å². The van der Waals surface area contributed by atoms with Crippen LogP contribution in [-0.2, 0) is 4.79 Å². The largest absolute Gasteiger partial charge is 0.506 e. The van der Waals surface area contributed by atoms with Crippen LogP contribution in [0.1, 0.15) is 6.92 Å². The molecule has 3 rings (SSSR count). The number of aromatic amines is 1. The lowest BCUT2D eigenvalue weighted by Crippen LogP contribution is -2.22. The summed E-state index contributed by atoms with van der Waals surface area (Å²) in [5.74, 6) is -0.927. The maximum atomic E-state index is 12.3. The maximum Gasteiger partial charge on any atom is 0.344 e. The zero-order valence-electron chi connectivity index (χ0n) is 12.8. The third-order valence-corrected chi connectivity index (χ3v) is 3.68. The number of rotatable bonds is 4. The minimum Gasteiger partial charge on any atom is -0.506 e. The van der Waals surface area contributed by atoms with Gasteiger partial charge in [0.1, 0.15) is 11.5 Å². The first-order valence-electron chi connectivity index (χ1n) is 7.31. The highest BCUT2D eigenvalue weighted by Gasteiger charge is 2.16. The number of benzene rings is 2. The number of hydrogen-bond acceptors (Lipinski definition) is 4. The van der Waals surface area contributed by atoms with Crippen LogP contribution < -0.4 is 10.3 Å². The van der Waals surface area contributed by atoms with Gasteiger partial charge in [-0.25, -0.2) is 4.79 Å². The number of pyridine rings is 1. The topological polar surface area (TPSA) is 99.6 Å². The number of carboxylic acids is 1. The van der Waals surface area contributed by atoms with Crippen LogP contribution in [0.5, 0.6) is 11.5 Å². The molecule has 6 heteroatoms. The minimum atomic E-state index is -1.09. The van der Waals surface area contributed by atoms with E-state index >= 15 is 0 Å². The molecule has 0 amide bonds. The number of H-pyrrole nitrogens is 1. The summed E-state index contributed by atoms with van der Waals surface area (Å²) in [7, 11) is 0. The second kappa shape index (κ2) is 6.08. The first kappa shape index (κ1) is 15.6. The van der Waals surface area contributed by atoms with Crippen molar-refractivity contribution < 1.29 is 19.7 Å². The third-order valence-electron chi connectivity index (χ3n) is 3.68. The van der Waals surface area contributed by atoms with Crippen molar-refractivity contribution in [2.45, 2.75) is 13.0 Å². The number of aliphatic carboxylic acids is 1. The number of fused-ring (bicyclic) bond motifs is 1. The van der Waals surface area contributed by atoms with Crippen molar-refractivity contribution in [3.05, 3.63) is 58.9 Å². The molecule has 0 spiro atoms. The van der Waals surface area contributed by atoms with Crippen molar-refractivity contribution in [3.63, 3.8) is 0 Å². The smallest absolute Gasteiger partial charge is 0.344 e. The maximum absolute atomic E-state index is 12.3. The number of nitrogens with one attached hydrogen (secondary N) is 1. The molecule has 6 nitrogen and oxygen atoms in total. The molecule has 122 valence electrons. The highest BCUT2D eigenvalue weighted by atomic mass is 16.5. The zero-order chi connectivity index (χ0) is 17.3. The molecule has 0 fully saturated rings. The lowest BCUT2D eigenvalue weighted by molar-refractivity contribution is -0.144. The van der Waals surface area contributed by atoms with Crippen LogP contribution in [0.4, 0.5) is 0 Å². The van der Waals surface area contributed by atoms with E-state index < -0.39 is 17.6 Å². The Kier molecular flexibility index (Phi) is 3.95. The molecule has 0 aliphatic carbocycles. The van der Waals surface area contributed by atoms with E-state index in [-0.39, 0.29) is 11.3 Å². The average molecular weight is 325 g/mol. The molecule has 3 aromatic rings. The quantitative estimate of drug-likeness (QED) is 0.685. The van der Waals surface area contributed by atoms with Gasteiger partial charge in [0.2, 0.25) is 0 Å². The third kappa shape index (κ3) is 2.81. The van der Waals surface area contributed by atoms with Crippen LogP contribution in [0.15, 0.2) is 53.3 Å². The molecular weight excluding hydrogens is 310 g/mol. The SMILES string of the molecule is CC(Oc1ccc2c(O)c(-c3ccccc3)c(=O)[nH]c2c1)C(=O)O. The molecule has 0 radical (unpaired) electrons. The number of aromatic hydroxyl groups is 1. The predicted molar refractivity (Wildman–Crippen MR) is 89.4 cm³/mol. The normalized spacial score (nSPS) is 12.0. The molecule has 1 heterocycles. The van der Waals surface area contributed by atoms with Gasteiger partial charge in [0.05, 0.1) is 11.1 Å². The Morgan fingerprint density at radius 1 is 1.17 bits per heavy atom. The second-order valence-corrected chi connectivity index (χ2v) is 5.35. The first-order valence-corrected chi connectivity index (χ1v) is 7.31. The summed E-state index contributed by atoms with van der Waals surface area (Å²) < 4.78 is 5.28. The molecule has 2 aromatic carbocycles. The Morgan fingerprint density at radius 3 is 2.54 bits per heavy atom. The summed E-state index contributed by atoms with van der Waals surface area (Å²) in [5, 5.41) is 19.8. The molecule has 0 aliphatic heterocycles. The summed E-state index contributed by atoms with van der Waals surface area (Å²) in [6.07, 6.45) is -1.02. The van der Waals surface area contributed by atoms with Gasteiger partial charge in [0.15, 0.2) is 6.10 Å². The van der Waals surface area contributed by atoms with Crippen LogP contribution in [0.25, 0.3) is 22.0 Å². The Bertz CT molecular complexity index is 962. The number of carboxylic acid groups (broad SMARTS) is 1. The van der Waals surface area contributed by atoms with Crippen LogP contribution in [0.3, 0.4) is 0 Å². The second-order valence-electron chi connectivity index (χ2n) is 5.35. The van der Waals surface area contributed by atoms with E-state index in [9.17, 15) is 14.7 Å². The lowest BCUT2D eigenvalue weighted by atomic mass is 10.0. The van der Waals surface area contributed by atoms with Crippen molar-refractivity contribution in [3.8, 4) is 22.6 Å². The van der Waals surface area contributed by atoms with Gasteiger partial charge in [-0.2, -0.15) is 0 Å². The average Bonchev–Trinajstić information content (AvgIpc) is 2.55. The molecule has 3 N–H and O–H groups in total. The summed E-state index contributed by atoms with van der Waals surface area (Å²) in [5.41, 5.74) is 0.732. The lowest BCUT2D eigenvalue weighted by Gasteiger charge is -2.12. The standard InChI is InChI=1S/C18H15NO5/c1-10(18(22)23)24-12-7-8-13-14(9-12)19-17(21)15(16(13)20)11-5-3-2-4-6-11/h2-10H,1H3,(H,22,23)(H2,19,20,21). The summed E-state index contributed by atoms with van der Waals surface area (Å²) in [6.45, 7) is 1.41. The van der Waals surface area contributed by atoms with E-state index in [0.717, 1.165) is 0 Å². The van der Waals surface area contributed by atoms with Crippen LogP contribution in [0, 0.1) is 0 Å². The van der Waals surface area contributed by atoms with Crippen molar-refractivity contribution >= 4 is 16.9 Å². The number of carbonyl (C=O) groups is 1. The molecule has 24 heavy (non-hydrogen) atoms. The van der Waals surface area contributed by atoms with Crippen molar-refractivity contribution in [2.75, 3.05) is 0 Å². The van der Waals surface area contributed by atoms with Crippen LogP contribution >= 0.6 is 0 Å². The van der Waals surface area contributed by atoms with E-state index in [0.29, 0.717) is 22.2 Å². The van der Waals surface area contributed by atoms with Gasteiger partial charge in [-0.3, -0.25) is 4.79 Å². The van der Waals surface area contributed by atoms with Crippen LogP contribution in [0.2, 0.25) is 0 Å². The van der Waals surface area contributed by atoms with E-state index in [1.165, 1.54) is 13.0 Å². The van der Waals surface area contributed by atoms with E-state index in [1.54, 1.807) is 36.4 Å². The fourth-order valence-corrected chi connectivity index (χ4v) is 2.46. The summed E-state index contributed by atoms with van der Waals surface area (Å²) in [6, 6.07) is 13.5. The van der Waals surface area contributed by atoms with Gasteiger partial charge in [-0.1, -0.05) is 30.3 Å². The Labute approximate surface area is 137 Å². The Morgan fingerprint density at radius 2 is 1.88 bits per heavy atom. The van der Waals surface area contributed by atoms with Crippen molar-refractivity contribution in [1.82, 2.24) is 4.98 Å². The van der Waals surface area contributed by atoms with Gasteiger partial charge in [0, 0.05) is 11.5 Å². The van der Waals surface area contributed by atoms with E-state index in [4.69, 9.17) is 9.84 Å². The monoisotopic (exact) mass is 325 g/mol. The molecule has 0 saturated carbocycles. The number of hydrogen-bond donors (Lipinski definition) is 3. The Balaban J connectivity index is 2.11. The van der Waals surface area contributed by atoms with E-state index in [1.807, 2.05) is 6.07 Å². The molecule has 1 unspecified atom stereocenters. The molecule has 0 bridgehead atoms. The van der Waals surface area contributed by atoms with Crippen molar-refractivity contribution in [2.24, 2.45) is 0 Å². The minimum absolute atomic E-state index is 0.127. The molecule has 1 aromatic heterocycles. The van der Waals surface area contributed by atoms with Gasteiger partial charge >= 0.3 is 5.97 Å². The Hall–Kier alpha value is -3.28. The number of ether oxygens (including phenoxy) is 1. The van der Waals surface area contributed by atoms with Gasteiger partial charge in [-0.05, 0) is 24.6 Å². The summed E-state index contributed by atoms with van der Waals surface area (Å²) in [4.78, 5) is 25.9. The van der Waals surface area contributed by atoms with Gasteiger partial charge < -0.3 is 19.9 Å². The molecule has 1 atom stereocenters. The predicted octanol–water partition coefficient (Wildman–Crippen LogP) is 2.75. The van der Waals surface area contributed by atoms with Crippen LogP contribution in [-0.4, -0.2) is 27.3 Å². The molecule has 0 aliphatic rings. The molecular formula is C18H15NO5. The highest BCUT2D eigenvalue weighted by molar-refractivity contribution is 5.92. The first-order chi connectivity index (χ1) is 11.5. The fraction of sp³-hybridized carbons (Fsp3) is 0.111. The summed E-state index contributed by atoms with van der Waals surface area (Å²) >= 11 is 0. The zero-order valence-corrected chi connectivity index (χ0v) is 12.8.